The summed E-state index contributed by atoms with van der Waals surface area (Å²) in [5, 5.41) is 2.52. The smallest absolute Gasteiger partial charge is 0.261 e. The lowest BCUT2D eigenvalue weighted by Gasteiger charge is -2.32. The van der Waals surface area contributed by atoms with Gasteiger partial charge in [-0.15, -0.1) is 11.3 Å². The van der Waals surface area contributed by atoms with E-state index in [0.29, 0.717) is 35.6 Å². The molecule has 0 atom stereocenters. The van der Waals surface area contributed by atoms with Gasteiger partial charge in [-0.05, 0) is 68.2 Å². The largest absolute Gasteiger partial charge is 0.343 e. The van der Waals surface area contributed by atoms with Crippen molar-refractivity contribution in [3.63, 3.8) is 0 Å². The van der Waals surface area contributed by atoms with E-state index >= 15 is 0 Å². The Kier molecular flexibility index (Phi) is 5.99. The Hall–Kier alpha value is -2.54. The van der Waals surface area contributed by atoms with Crippen molar-refractivity contribution in [2.24, 2.45) is 5.92 Å². The van der Waals surface area contributed by atoms with Crippen LogP contribution in [0.3, 0.4) is 0 Å². The van der Waals surface area contributed by atoms with Crippen molar-refractivity contribution in [3.8, 4) is 0 Å². The number of amides is 1. The molecular weight excluding hydrogens is 401 g/mol. The molecule has 0 unspecified atom stereocenters. The second-order valence-electron chi connectivity index (χ2n) is 8.09. The normalized spacial score (nSPS) is 15.1. The number of hydrogen-bond acceptors (Lipinski definition) is 4. The zero-order chi connectivity index (χ0) is 21.3. The van der Waals surface area contributed by atoms with Crippen LogP contribution in [-0.2, 0) is 17.8 Å². The van der Waals surface area contributed by atoms with E-state index in [1.807, 2.05) is 4.90 Å². The number of nitrogens with zero attached hydrogens (tertiary/aromatic N) is 3. The third-order valence-corrected chi connectivity index (χ3v) is 7.13. The summed E-state index contributed by atoms with van der Waals surface area (Å²) >= 11 is 1.71. The highest BCUT2D eigenvalue weighted by atomic mass is 32.1. The molecule has 7 heteroatoms. The predicted molar refractivity (Wildman–Crippen MR) is 117 cm³/mol. The van der Waals surface area contributed by atoms with Gasteiger partial charge in [0, 0.05) is 37.0 Å². The first-order valence-corrected chi connectivity index (χ1v) is 11.3. The van der Waals surface area contributed by atoms with E-state index in [1.165, 1.54) is 28.6 Å². The van der Waals surface area contributed by atoms with Crippen LogP contribution in [0, 0.1) is 25.6 Å². The highest BCUT2D eigenvalue weighted by Gasteiger charge is 2.24. The summed E-state index contributed by atoms with van der Waals surface area (Å²) < 4.78 is 15.1. The number of benzene rings is 1. The van der Waals surface area contributed by atoms with E-state index in [1.54, 1.807) is 22.8 Å². The minimum Gasteiger partial charge on any atom is -0.343 e. The van der Waals surface area contributed by atoms with Gasteiger partial charge >= 0.3 is 0 Å². The quantitative estimate of drug-likeness (QED) is 0.616. The zero-order valence-electron chi connectivity index (χ0n) is 17.4. The topological polar surface area (TPSA) is 55.2 Å². The number of carbonyl (C=O) groups is 1. The third-order valence-electron chi connectivity index (χ3n) is 6.05. The first kappa shape index (κ1) is 20.7. The molecule has 0 bridgehead atoms. The van der Waals surface area contributed by atoms with Crippen molar-refractivity contribution in [1.82, 2.24) is 14.5 Å². The second-order valence-corrected chi connectivity index (χ2v) is 9.09. The minimum atomic E-state index is -0.391. The first-order chi connectivity index (χ1) is 14.4. The minimum absolute atomic E-state index is 0.123. The van der Waals surface area contributed by atoms with Crippen molar-refractivity contribution in [3.05, 3.63) is 62.1 Å². The number of aromatic nitrogens is 2. The Morgan fingerprint density at radius 2 is 2.00 bits per heavy atom. The molecule has 1 aromatic carbocycles. The first-order valence-electron chi connectivity index (χ1n) is 10.4. The molecule has 1 amide bonds. The molecule has 4 rings (SSSR count). The van der Waals surface area contributed by atoms with Gasteiger partial charge in [-0.1, -0.05) is 0 Å². The molecule has 0 spiro atoms. The van der Waals surface area contributed by atoms with Crippen LogP contribution in [0.25, 0.3) is 10.9 Å². The van der Waals surface area contributed by atoms with Crippen LogP contribution in [0.4, 0.5) is 4.39 Å². The molecule has 0 radical (unpaired) electrons. The van der Waals surface area contributed by atoms with E-state index in [4.69, 9.17) is 0 Å². The van der Waals surface area contributed by atoms with Crippen LogP contribution in [0.5, 0.6) is 0 Å². The van der Waals surface area contributed by atoms with Crippen molar-refractivity contribution in [2.75, 3.05) is 13.1 Å². The van der Waals surface area contributed by atoms with E-state index in [9.17, 15) is 14.0 Å². The molecule has 1 aliphatic rings. The van der Waals surface area contributed by atoms with Crippen LogP contribution in [0.1, 0.15) is 35.5 Å². The Morgan fingerprint density at radius 1 is 1.23 bits per heavy atom. The summed E-state index contributed by atoms with van der Waals surface area (Å²) in [6.07, 6.45) is 3.10. The molecule has 158 valence electrons. The maximum absolute atomic E-state index is 13.4. The fraction of sp³-hybridized carbons (Fsp3) is 0.435. The predicted octanol–water partition coefficient (Wildman–Crippen LogP) is 4.09. The van der Waals surface area contributed by atoms with Crippen LogP contribution < -0.4 is 5.56 Å². The molecule has 0 aliphatic carbocycles. The Labute approximate surface area is 179 Å². The maximum atomic E-state index is 13.4. The lowest BCUT2D eigenvalue weighted by atomic mass is 9.96. The van der Waals surface area contributed by atoms with Crippen LogP contribution in [0.15, 0.2) is 34.4 Å². The Bertz CT molecular complexity index is 1130. The monoisotopic (exact) mass is 427 g/mol. The number of fused-ring (bicyclic) bond motifs is 1. The van der Waals surface area contributed by atoms with E-state index in [2.05, 4.69) is 23.4 Å². The number of piperidine rings is 1. The maximum Gasteiger partial charge on any atom is 0.261 e. The van der Waals surface area contributed by atoms with Gasteiger partial charge in [0.2, 0.25) is 5.91 Å². The van der Waals surface area contributed by atoms with Gasteiger partial charge in [0.15, 0.2) is 0 Å². The summed E-state index contributed by atoms with van der Waals surface area (Å²) in [6, 6.07) is 6.20. The molecule has 1 saturated heterocycles. The lowest BCUT2D eigenvalue weighted by Crippen LogP contribution is -2.40. The standard InChI is InChI=1S/C23H26FN3O2S/c1-15-9-12-30-21(15)5-6-22(28)26-10-7-17(8-11-26)14-27-16(2)25-20-13-18(24)3-4-19(20)23(27)29/h3-4,9,12-13,17H,5-8,10-11,14H2,1-2H3. The van der Waals surface area contributed by atoms with Gasteiger partial charge in [-0.25, -0.2) is 9.37 Å². The number of thiophene rings is 1. The van der Waals surface area contributed by atoms with Crippen LogP contribution in [0.2, 0.25) is 0 Å². The summed E-state index contributed by atoms with van der Waals surface area (Å²) in [7, 11) is 0. The molecule has 2 aromatic heterocycles. The van der Waals surface area contributed by atoms with Crippen molar-refractivity contribution >= 4 is 28.1 Å². The average molecular weight is 428 g/mol. The highest BCUT2D eigenvalue weighted by Crippen LogP contribution is 2.22. The lowest BCUT2D eigenvalue weighted by molar-refractivity contribution is -0.132. The molecule has 3 heterocycles. The van der Waals surface area contributed by atoms with Gasteiger partial charge in [0.25, 0.3) is 5.56 Å². The van der Waals surface area contributed by atoms with Gasteiger partial charge in [-0.2, -0.15) is 0 Å². The van der Waals surface area contributed by atoms with E-state index < -0.39 is 5.82 Å². The molecule has 5 nitrogen and oxygen atoms in total. The van der Waals surface area contributed by atoms with Gasteiger partial charge < -0.3 is 4.90 Å². The SMILES string of the molecule is Cc1ccsc1CCC(=O)N1CCC(Cn2c(C)nc3cc(F)ccc3c2=O)CC1. The molecule has 0 saturated carbocycles. The number of hydrogen-bond donors (Lipinski definition) is 0. The summed E-state index contributed by atoms with van der Waals surface area (Å²) in [5.74, 6) is 0.745. The van der Waals surface area contributed by atoms with Crippen LogP contribution >= 0.6 is 11.3 Å². The third kappa shape index (κ3) is 4.31. The Balaban J connectivity index is 1.37. The zero-order valence-corrected chi connectivity index (χ0v) is 18.2. The van der Waals surface area contributed by atoms with Crippen molar-refractivity contribution in [2.45, 2.75) is 46.1 Å². The molecule has 3 aromatic rings. The van der Waals surface area contributed by atoms with Crippen LogP contribution in [-0.4, -0.2) is 33.4 Å². The van der Waals surface area contributed by atoms with Gasteiger partial charge in [-0.3, -0.25) is 14.2 Å². The average Bonchev–Trinajstić information content (AvgIpc) is 3.14. The van der Waals surface area contributed by atoms with Gasteiger partial charge in [0.1, 0.15) is 11.6 Å². The number of rotatable bonds is 5. The summed E-state index contributed by atoms with van der Waals surface area (Å²) in [4.78, 5) is 33.1. The summed E-state index contributed by atoms with van der Waals surface area (Å²) in [6.45, 7) is 5.92. The fourth-order valence-corrected chi connectivity index (χ4v) is 5.09. The molecule has 30 heavy (non-hydrogen) atoms. The number of halogens is 1. The van der Waals surface area contributed by atoms with Crippen molar-refractivity contribution in [1.29, 1.82) is 0 Å². The highest BCUT2D eigenvalue weighted by molar-refractivity contribution is 7.10. The van der Waals surface area contributed by atoms with Gasteiger partial charge in [0.05, 0.1) is 10.9 Å². The van der Waals surface area contributed by atoms with E-state index in [-0.39, 0.29) is 11.5 Å². The fourth-order valence-electron chi connectivity index (χ4n) is 4.18. The number of carbonyl (C=O) groups excluding carboxylic acids is 1. The molecule has 1 fully saturated rings. The van der Waals surface area contributed by atoms with Crippen molar-refractivity contribution < 1.29 is 9.18 Å². The second kappa shape index (κ2) is 8.68. The molecular formula is C23H26FN3O2S. The Morgan fingerprint density at radius 3 is 2.70 bits per heavy atom. The number of likely N-dealkylation sites (tertiary alicyclic amines) is 1. The molecule has 0 N–H and O–H groups in total. The number of aryl methyl sites for hydroxylation is 3. The van der Waals surface area contributed by atoms with E-state index in [0.717, 1.165) is 32.4 Å². The summed E-state index contributed by atoms with van der Waals surface area (Å²) in [5.41, 5.74) is 1.54. The molecule has 1 aliphatic heterocycles.